The van der Waals surface area contributed by atoms with Gasteiger partial charge in [0.1, 0.15) is 5.60 Å². The van der Waals surface area contributed by atoms with Crippen LogP contribution in [-0.4, -0.2) is 18.0 Å². The maximum absolute atomic E-state index is 12.8. The van der Waals surface area contributed by atoms with Crippen molar-refractivity contribution < 1.29 is 9.53 Å². The lowest BCUT2D eigenvalue weighted by Gasteiger charge is -2.37. The standard InChI is InChI=1S/C17H26O2S/c1-4-14-6-7-15(20-14)12-16(18)17(19-5-2)10-8-13(3)9-11-17/h6-7,13H,4-5,8-12H2,1-3H3. The highest BCUT2D eigenvalue weighted by molar-refractivity contribution is 7.12. The van der Waals surface area contributed by atoms with Gasteiger partial charge in [0.15, 0.2) is 5.78 Å². The molecule has 0 atom stereocenters. The molecule has 1 aromatic heterocycles. The lowest BCUT2D eigenvalue weighted by molar-refractivity contribution is -0.149. The molecular weight excluding hydrogens is 268 g/mol. The first-order valence-electron chi connectivity index (χ1n) is 7.84. The Morgan fingerprint density at radius 3 is 2.50 bits per heavy atom. The molecule has 0 spiro atoms. The number of rotatable bonds is 6. The van der Waals surface area contributed by atoms with Gasteiger partial charge in [-0.3, -0.25) is 4.79 Å². The van der Waals surface area contributed by atoms with E-state index in [9.17, 15) is 4.79 Å². The minimum atomic E-state index is -0.502. The van der Waals surface area contributed by atoms with Crippen LogP contribution in [0.1, 0.15) is 56.2 Å². The Morgan fingerprint density at radius 1 is 1.30 bits per heavy atom. The van der Waals surface area contributed by atoms with E-state index in [1.165, 1.54) is 9.75 Å². The van der Waals surface area contributed by atoms with Gasteiger partial charge in [-0.15, -0.1) is 11.3 Å². The van der Waals surface area contributed by atoms with E-state index in [4.69, 9.17) is 4.74 Å². The quantitative estimate of drug-likeness (QED) is 0.777. The first-order chi connectivity index (χ1) is 9.59. The number of aryl methyl sites for hydroxylation is 1. The zero-order valence-electron chi connectivity index (χ0n) is 12.9. The number of carbonyl (C=O) groups is 1. The van der Waals surface area contributed by atoms with Crippen molar-refractivity contribution in [2.45, 2.75) is 64.9 Å². The van der Waals surface area contributed by atoms with Crippen molar-refractivity contribution in [3.8, 4) is 0 Å². The number of carbonyl (C=O) groups excluding carboxylic acids is 1. The summed E-state index contributed by atoms with van der Waals surface area (Å²) in [5.74, 6) is 1.01. The van der Waals surface area contributed by atoms with Gasteiger partial charge >= 0.3 is 0 Å². The minimum absolute atomic E-state index is 0.288. The van der Waals surface area contributed by atoms with Gasteiger partial charge in [-0.25, -0.2) is 0 Å². The molecular formula is C17H26O2S. The molecule has 1 fully saturated rings. The first-order valence-corrected chi connectivity index (χ1v) is 8.66. The van der Waals surface area contributed by atoms with Crippen LogP contribution in [0.3, 0.4) is 0 Å². The highest BCUT2D eigenvalue weighted by Gasteiger charge is 2.41. The van der Waals surface area contributed by atoms with Crippen LogP contribution in [0.25, 0.3) is 0 Å². The molecule has 2 rings (SSSR count). The van der Waals surface area contributed by atoms with Crippen LogP contribution < -0.4 is 0 Å². The summed E-state index contributed by atoms with van der Waals surface area (Å²) in [7, 11) is 0. The molecule has 0 radical (unpaired) electrons. The normalized spacial score (nSPS) is 26.6. The van der Waals surface area contributed by atoms with Crippen LogP contribution in [-0.2, 0) is 22.4 Å². The molecule has 112 valence electrons. The van der Waals surface area contributed by atoms with Crippen LogP contribution in [0.15, 0.2) is 12.1 Å². The topological polar surface area (TPSA) is 26.3 Å². The van der Waals surface area contributed by atoms with Crippen molar-refractivity contribution in [3.63, 3.8) is 0 Å². The monoisotopic (exact) mass is 294 g/mol. The zero-order valence-corrected chi connectivity index (χ0v) is 13.7. The molecule has 3 heteroatoms. The number of hydrogen-bond acceptors (Lipinski definition) is 3. The van der Waals surface area contributed by atoms with Crippen molar-refractivity contribution in [3.05, 3.63) is 21.9 Å². The third-order valence-electron chi connectivity index (χ3n) is 4.41. The second kappa shape index (κ2) is 6.86. The van der Waals surface area contributed by atoms with E-state index in [0.717, 1.165) is 38.0 Å². The van der Waals surface area contributed by atoms with Gasteiger partial charge in [-0.2, -0.15) is 0 Å². The van der Waals surface area contributed by atoms with E-state index in [1.807, 2.05) is 6.92 Å². The maximum atomic E-state index is 12.8. The molecule has 1 saturated carbocycles. The van der Waals surface area contributed by atoms with Gasteiger partial charge in [0, 0.05) is 22.8 Å². The summed E-state index contributed by atoms with van der Waals surface area (Å²) in [6.45, 7) is 7.05. The first kappa shape index (κ1) is 15.7. The van der Waals surface area contributed by atoms with Crippen LogP contribution in [0, 0.1) is 5.92 Å². The van der Waals surface area contributed by atoms with E-state index in [-0.39, 0.29) is 5.78 Å². The third-order valence-corrected chi connectivity index (χ3v) is 5.64. The molecule has 1 aliphatic carbocycles. The summed E-state index contributed by atoms with van der Waals surface area (Å²) < 4.78 is 5.94. The third kappa shape index (κ3) is 3.50. The molecule has 1 heterocycles. The molecule has 0 N–H and O–H groups in total. The maximum Gasteiger partial charge on any atom is 0.169 e. The summed E-state index contributed by atoms with van der Waals surface area (Å²) in [5, 5.41) is 0. The van der Waals surface area contributed by atoms with Crippen LogP contribution >= 0.6 is 11.3 Å². The van der Waals surface area contributed by atoms with E-state index < -0.39 is 5.60 Å². The highest BCUT2D eigenvalue weighted by Crippen LogP contribution is 2.36. The number of ether oxygens (including phenoxy) is 1. The summed E-state index contributed by atoms with van der Waals surface area (Å²) in [4.78, 5) is 15.3. The Labute approximate surface area is 126 Å². The average molecular weight is 294 g/mol. The fourth-order valence-corrected chi connectivity index (χ4v) is 3.99. The van der Waals surface area contributed by atoms with Crippen LogP contribution in [0.5, 0.6) is 0 Å². The number of Topliss-reactive ketones (excluding diaryl/α,β-unsaturated/α-hetero) is 1. The van der Waals surface area contributed by atoms with Crippen molar-refractivity contribution >= 4 is 17.1 Å². The van der Waals surface area contributed by atoms with Crippen molar-refractivity contribution in [2.75, 3.05) is 6.61 Å². The van der Waals surface area contributed by atoms with Gasteiger partial charge in [0.2, 0.25) is 0 Å². The molecule has 0 aromatic carbocycles. The van der Waals surface area contributed by atoms with Crippen molar-refractivity contribution in [1.82, 2.24) is 0 Å². The molecule has 0 aliphatic heterocycles. The lowest BCUT2D eigenvalue weighted by Crippen LogP contribution is -2.45. The molecule has 0 unspecified atom stereocenters. The Hall–Kier alpha value is -0.670. The lowest BCUT2D eigenvalue weighted by atomic mass is 9.76. The fraction of sp³-hybridized carbons (Fsp3) is 0.706. The largest absolute Gasteiger partial charge is 0.367 e. The second-order valence-electron chi connectivity index (χ2n) is 5.93. The molecule has 20 heavy (non-hydrogen) atoms. The van der Waals surface area contributed by atoms with E-state index in [0.29, 0.717) is 13.0 Å². The summed E-state index contributed by atoms with van der Waals surface area (Å²) >= 11 is 1.77. The number of ketones is 1. The summed E-state index contributed by atoms with van der Waals surface area (Å²) in [6, 6.07) is 4.25. The van der Waals surface area contributed by atoms with Gasteiger partial charge in [0.05, 0.1) is 0 Å². The Balaban J connectivity index is 2.06. The van der Waals surface area contributed by atoms with Crippen molar-refractivity contribution in [2.24, 2.45) is 5.92 Å². The smallest absolute Gasteiger partial charge is 0.169 e. The van der Waals surface area contributed by atoms with Crippen LogP contribution in [0.2, 0.25) is 0 Å². The fourth-order valence-electron chi connectivity index (χ4n) is 3.04. The van der Waals surface area contributed by atoms with Gasteiger partial charge < -0.3 is 4.74 Å². The number of thiophene rings is 1. The summed E-state index contributed by atoms with van der Waals surface area (Å²) in [6.07, 6.45) is 5.60. The SMILES string of the molecule is CCOC1(C(=O)Cc2ccc(CC)s2)CCC(C)CC1. The van der Waals surface area contributed by atoms with Crippen LogP contribution in [0.4, 0.5) is 0 Å². The Morgan fingerprint density at radius 2 is 1.95 bits per heavy atom. The number of hydrogen-bond donors (Lipinski definition) is 0. The van der Waals surface area contributed by atoms with E-state index in [1.54, 1.807) is 11.3 Å². The average Bonchev–Trinajstić information content (AvgIpc) is 2.89. The molecule has 0 amide bonds. The van der Waals surface area contributed by atoms with Gasteiger partial charge in [0.25, 0.3) is 0 Å². The Kier molecular flexibility index (Phi) is 5.39. The molecule has 2 nitrogen and oxygen atoms in total. The molecule has 1 aliphatic rings. The van der Waals surface area contributed by atoms with E-state index in [2.05, 4.69) is 26.0 Å². The van der Waals surface area contributed by atoms with E-state index >= 15 is 0 Å². The molecule has 0 saturated heterocycles. The minimum Gasteiger partial charge on any atom is -0.367 e. The predicted molar refractivity (Wildman–Crippen MR) is 84.4 cm³/mol. The summed E-state index contributed by atoms with van der Waals surface area (Å²) in [5.41, 5.74) is -0.502. The molecule has 0 bridgehead atoms. The zero-order chi connectivity index (χ0) is 14.6. The second-order valence-corrected chi connectivity index (χ2v) is 7.18. The van der Waals surface area contributed by atoms with Crippen molar-refractivity contribution in [1.29, 1.82) is 0 Å². The molecule has 1 aromatic rings. The van der Waals surface area contributed by atoms with Gasteiger partial charge in [-0.05, 0) is 57.1 Å². The Bertz CT molecular complexity index is 442. The van der Waals surface area contributed by atoms with Gasteiger partial charge in [-0.1, -0.05) is 13.8 Å². The highest BCUT2D eigenvalue weighted by atomic mass is 32.1. The predicted octanol–water partition coefficient (Wildman–Crippen LogP) is 4.41.